The Morgan fingerprint density at radius 2 is 2.15 bits per heavy atom. The number of benzene rings is 1. The summed E-state index contributed by atoms with van der Waals surface area (Å²) < 4.78 is 17.9. The van der Waals surface area contributed by atoms with Crippen molar-refractivity contribution in [3.8, 4) is 0 Å². The molecular formula is C19H21ClN4O2S. The Bertz CT molecular complexity index is 973. The summed E-state index contributed by atoms with van der Waals surface area (Å²) in [6.45, 7) is 2.80. The fourth-order valence-electron chi connectivity index (χ4n) is 2.73. The number of carbonyl (C=O) groups excluding carboxylic acids is 1. The van der Waals surface area contributed by atoms with Gasteiger partial charge in [-0.15, -0.1) is 0 Å². The summed E-state index contributed by atoms with van der Waals surface area (Å²) in [6, 6.07) is 8.65. The van der Waals surface area contributed by atoms with Crippen molar-refractivity contribution in [1.82, 2.24) is 14.7 Å². The monoisotopic (exact) mass is 404 g/mol. The minimum Gasteiger partial charge on any atom is -0.345 e. The Kier molecular flexibility index (Phi) is 6.60. The Morgan fingerprint density at radius 1 is 1.30 bits per heavy atom. The lowest BCUT2D eigenvalue weighted by atomic mass is 10.0. The van der Waals surface area contributed by atoms with E-state index in [0.29, 0.717) is 39.4 Å². The number of carbonyl (C=O) groups is 1. The van der Waals surface area contributed by atoms with Gasteiger partial charge in [0.15, 0.2) is 17.0 Å². The molecule has 142 valence electrons. The first kappa shape index (κ1) is 19.5. The fourth-order valence-corrected chi connectivity index (χ4v) is 3.63. The van der Waals surface area contributed by atoms with Gasteiger partial charge in [0.05, 0.1) is 5.02 Å². The minimum atomic E-state index is -1.40. The van der Waals surface area contributed by atoms with Crippen LogP contribution in [0.25, 0.3) is 11.0 Å². The van der Waals surface area contributed by atoms with E-state index in [4.69, 9.17) is 11.6 Å². The van der Waals surface area contributed by atoms with Gasteiger partial charge >= 0.3 is 0 Å². The van der Waals surface area contributed by atoms with Gasteiger partial charge in [0.25, 0.3) is 0 Å². The lowest BCUT2D eigenvalue weighted by molar-refractivity contribution is 0.104. The molecule has 0 bridgehead atoms. The number of anilines is 1. The predicted molar refractivity (Wildman–Crippen MR) is 110 cm³/mol. The Morgan fingerprint density at radius 3 is 2.96 bits per heavy atom. The number of ketones is 1. The average molecular weight is 405 g/mol. The molecule has 1 aromatic carbocycles. The number of aromatic nitrogens is 2. The molecular weight excluding hydrogens is 384 g/mol. The molecule has 0 saturated carbocycles. The van der Waals surface area contributed by atoms with E-state index in [-0.39, 0.29) is 5.78 Å². The quantitative estimate of drug-likeness (QED) is 0.368. The van der Waals surface area contributed by atoms with Crippen molar-refractivity contribution in [2.75, 3.05) is 11.3 Å². The van der Waals surface area contributed by atoms with Crippen LogP contribution >= 0.6 is 11.6 Å². The largest absolute Gasteiger partial charge is 0.345 e. The minimum absolute atomic E-state index is 0.157. The molecule has 6 nitrogen and oxygen atoms in total. The molecule has 0 spiro atoms. The summed E-state index contributed by atoms with van der Waals surface area (Å²) in [5.74, 6) is -0.157. The fraction of sp³-hybridized carbons (Fsp3) is 0.263. The van der Waals surface area contributed by atoms with Crippen LogP contribution in [0.2, 0.25) is 5.02 Å². The second kappa shape index (κ2) is 9.12. The summed E-state index contributed by atoms with van der Waals surface area (Å²) in [6.07, 6.45) is 6.34. The number of unbranched alkanes of at least 4 members (excludes halogenated alkanes) is 2. The van der Waals surface area contributed by atoms with Crippen molar-refractivity contribution in [1.29, 1.82) is 0 Å². The summed E-state index contributed by atoms with van der Waals surface area (Å²) in [5, 5.41) is 1.14. The molecule has 0 saturated heterocycles. The molecule has 1 atom stereocenters. The molecule has 27 heavy (non-hydrogen) atoms. The predicted octanol–water partition coefficient (Wildman–Crippen LogP) is 4.22. The van der Waals surface area contributed by atoms with Crippen molar-refractivity contribution in [3.63, 3.8) is 0 Å². The number of aromatic amines is 1. The van der Waals surface area contributed by atoms with Crippen molar-refractivity contribution in [3.05, 3.63) is 58.9 Å². The van der Waals surface area contributed by atoms with Gasteiger partial charge in [-0.3, -0.25) is 9.52 Å². The number of fused-ring (bicyclic) bond motifs is 1. The van der Waals surface area contributed by atoms with Gasteiger partial charge in [-0.2, -0.15) is 0 Å². The van der Waals surface area contributed by atoms with Gasteiger partial charge in [0.1, 0.15) is 5.65 Å². The first-order chi connectivity index (χ1) is 13.1. The van der Waals surface area contributed by atoms with Crippen LogP contribution < -0.4 is 9.44 Å². The van der Waals surface area contributed by atoms with E-state index in [0.717, 1.165) is 19.3 Å². The summed E-state index contributed by atoms with van der Waals surface area (Å²) >= 11 is 4.60. The summed E-state index contributed by atoms with van der Waals surface area (Å²) in [7, 11) is 0. The number of hydrogen-bond acceptors (Lipinski definition) is 3. The van der Waals surface area contributed by atoms with E-state index < -0.39 is 11.2 Å². The number of pyridine rings is 1. The van der Waals surface area contributed by atoms with Gasteiger partial charge in [-0.25, -0.2) is 13.9 Å². The third-order valence-corrected chi connectivity index (χ3v) is 5.19. The van der Waals surface area contributed by atoms with Gasteiger partial charge in [-0.1, -0.05) is 43.5 Å². The zero-order chi connectivity index (χ0) is 19.2. The third kappa shape index (κ3) is 4.94. The molecule has 3 rings (SSSR count). The smallest absolute Gasteiger partial charge is 0.195 e. The molecule has 1 unspecified atom stereocenters. The van der Waals surface area contributed by atoms with E-state index >= 15 is 0 Å². The molecule has 0 fully saturated rings. The van der Waals surface area contributed by atoms with Crippen LogP contribution in [0.3, 0.4) is 0 Å². The van der Waals surface area contributed by atoms with Gasteiger partial charge < -0.3 is 4.98 Å². The maximum atomic E-state index is 12.9. The van der Waals surface area contributed by atoms with Gasteiger partial charge in [-0.05, 0) is 24.6 Å². The molecule has 0 aliphatic heterocycles. The Labute approximate surface area is 165 Å². The standard InChI is InChI=1S/C19H21ClN4O2S/c1-2-3-4-8-23-27(26)24-15-7-5-6-13(9-15)18(25)17-12-22-19-16(17)10-14(20)11-21-19/h5-7,9-12,23-24H,2-4,8H2,1H3,(H,21,22). The zero-order valence-electron chi connectivity index (χ0n) is 14.9. The van der Waals surface area contributed by atoms with E-state index in [1.807, 2.05) is 0 Å². The maximum Gasteiger partial charge on any atom is 0.195 e. The summed E-state index contributed by atoms with van der Waals surface area (Å²) in [4.78, 5) is 20.1. The topological polar surface area (TPSA) is 86.9 Å². The maximum absolute atomic E-state index is 12.9. The second-order valence-electron chi connectivity index (χ2n) is 6.13. The van der Waals surface area contributed by atoms with Crippen molar-refractivity contribution in [2.45, 2.75) is 26.2 Å². The molecule has 3 N–H and O–H groups in total. The Hall–Kier alpha value is -2.22. The second-order valence-corrected chi connectivity index (χ2v) is 7.60. The van der Waals surface area contributed by atoms with Crippen LogP contribution in [-0.4, -0.2) is 26.5 Å². The highest BCUT2D eigenvalue weighted by Crippen LogP contribution is 2.23. The number of rotatable bonds is 9. The number of nitrogens with one attached hydrogen (secondary N) is 3. The van der Waals surface area contributed by atoms with Crippen molar-refractivity contribution >= 4 is 45.3 Å². The molecule has 2 heterocycles. The molecule has 0 aliphatic rings. The highest BCUT2D eigenvalue weighted by atomic mass is 35.5. The lowest BCUT2D eigenvalue weighted by Crippen LogP contribution is -2.24. The van der Waals surface area contributed by atoms with Crippen LogP contribution in [0.4, 0.5) is 5.69 Å². The SMILES string of the molecule is CCCCCNS(=O)Nc1cccc(C(=O)c2c[nH]c3ncc(Cl)cc23)c1. The molecule has 0 aliphatic carbocycles. The van der Waals surface area contributed by atoms with Gasteiger partial charge in [0.2, 0.25) is 0 Å². The number of nitrogens with zero attached hydrogens (tertiary/aromatic N) is 1. The van der Waals surface area contributed by atoms with Crippen LogP contribution in [0.5, 0.6) is 0 Å². The zero-order valence-corrected chi connectivity index (χ0v) is 16.5. The first-order valence-electron chi connectivity index (χ1n) is 8.78. The average Bonchev–Trinajstić information content (AvgIpc) is 3.08. The normalized spacial score (nSPS) is 12.2. The van der Waals surface area contributed by atoms with Crippen molar-refractivity contribution < 1.29 is 9.00 Å². The lowest BCUT2D eigenvalue weighted by Gasteiger charge is -2.08. The number of H-pyrrole nitrogens is 1. The highest BCUT2D eigenvalue weighted by molar-refractivity contribution is 7.84. The third-order valence-electron chi connectivity index (χ3n) is 4.09. The van der Waals surface area contributed by atoms with E-state index in [1.165, 1.54) is 6.20 Å². The van der Waals surface area contributed by atoms with Crippen LogP contribution in [0, 0.1) is 0 Å². The van der Waals surface area contributed by atoms with Crippen LogP contribution in [0.15, 0.2) is 42.7 Å². The molecule has 0 radical (unpaired) electrons. The van der Waals surface area contributed by atoms with Crippen LogP contribution in [0.1, 0.15) is 42.1 Å². The molecule has 2 aromatic heterocycles. The first-order valence-corrected chi connectivity index (χ1v) is 10.3. The Balaban J connectivity index is 1.73. The van der Waals surface area contributed by atoms with E-state index in [9.17, 15) is 9.00 Å². The van der Waals surface area contributed by atoms with E-state index in [2.05, 4.69) is 26.3 Å². The summed E-state index contributed by atoms with van der Waals surface area (Å²) in [5.41, 5.74) is 2.20. The highest BCUT2D eigenvalue weighted by Gasteiger charge is 2.16. The van der Waals surface area contributed by atoms with Crippen molar-refractivity contribution in [2.24, 2.45) is 0 Å². The van der Waals surface area contributed by atoms with Gasteiger partial charge in [0, 0.05) is 41.1 Å². The molecule has 3 aromatic rings. The number of halogens is 1. The van der Waals surface area contributed by atoms with E-state index in [1.54, 1.807) is 36.5 Å². The van der Waals surface area contributed by atoms with Crippen LogP contribution in [-0.2, 0) is 11.2 Å². The molecule has 8 heteroatoms. The number of hydrogen-bond donors (Lipinski definition) is 3. The molecule has 0 amide bonds.